The van der Waals surface area contributed by atoms with E-state index in [-0.39, 0.29) is 0 Å². The molecule has 0 aliphatic carbocycles. The highest BCUT2D eigenvalue weighted by Gasteiger charge is 2.11. The Morgan fingerprint density at radius 3 is 2.60 bits per heavy atom. The van der Waals surface area contributed by atoms with Crippen molar-refractivity contribution >= 4 is 11.6 Å². The van der Waals surface area contributed by atoms with Crippen LogP contribution in [0.5, 0.6) is 0 Å². The first kappa shape index (κ1) is 15.1. The molecule has 0 aliphatic rings. The molecular formula is C16H22ClN3. The minimum Gasteiger partial charge on any atom is -0.313 e. The van der Waals surface area contributed by atoms with Crippen LogP contribution in [0.1, 0.15) is 37.7 Å². The standard InChI is InChI=1S/C16H22ClN3/c1-4-14-10-15(5-2)20(19-14)16-8-7-13(17)9-12(16)11-18-6-3/h7-10,18H,4-6,11H2,1-3H3. The summed E-state index contributed by atoms with van der Waals surface area (Å²) in [7, 11) is 0. The lowest BCUT2D eigenvalue weighted by Gasteiger charge is -2.13. The molecule has 0 spiro atoms. The fourth-order valence-electron chi connectivity index (χ4n) is 2.27. The number of aromatic nitrogens is 2. The average molecular weight is 292 g/mol. The fourth-order valence-corrected chi connectivity index (χ4v) is 2.46. The van der Waals surface area contributed by atoms with Crippen molar-refractivity contribution in [3.63, 3.8) is 0 Å². The molecule has 1 N–H and O–H groups in total. The van der Waals surface area contributed by atoms with Gasteiger partial charge < -0.3 is 5.32 Å². The van der Waals surface area contributed by atoms with Crippen LogP contribution in [0.3, 0.4) is 0 Å². The lowest BCUT2D eigenvalue weighted by molar-refractivity contribution is 0.710. The Morgan fingerprint density at radius 1 is 1.15 bits per heavy atom. The van der Waals surface area contributed by atoms with Crippen LogP contribution in [0, 0.1) is 0 Å². The van der Waals surface area contributed by atoms with Crippen LogP contribution < -0.4 is 5.32 Å². The van der Waals surface area contributed by atoms with Crippen LogP contribution in [0.25, 0.3) is 5.69 Å². The summed E-state index contributed by atoms with van der Waals surface area (Å²) in [5.74, 6) is 0. The van der Waals surface area contributed by atoms with Gasteiger partial charge in [-0.05, 0) is 49.2 Å². The SMILES string of the molecule is CCNCc1cc(Cl)ccc1-n1nc(CC)cc1CC. The molecule has 0 bridgehead atoms. The van der Waals surface area contributed by atoms with E-state index in [1.807, 2.05) is 12.1 Å². The average Bonchev–Trinajstić information content (AvgIpc) is 2.88. The van der Waals surface area contributed by atoms with Crippen LogP contribution in [-0.2, 0) is 19.4 Å². The maximum Gasteiger partial charge on any atom is 0.0694 e. The largest absolute Gasteiger partial charge is 0.313 e. The molecule has 0 atom stereocenters. The Kier molecular flexibility index (Phi) is 5.21. The smallest absolute Gasteiger partial charge is 0.0694 e. The summed E-state index contributed by atoms with van der Waals surface area (Å²) in [5.41, 5.74) is 4.67. The second-order valence-electron chi connectivity index (χ2n) is 4.80. The van der Waals surface area contributed by atoms with Crippen molar-refractivity contribution in [2.24, 2.45) is 0 Å². The lowest BCUT2D eigenvalue weighted by Crippen LogP contribution is -2.15. The predicted octanol–water partition coefficient (Wildman–Crippen LogP) is 3.76. The van der Waals surface area contributed by atoms with Gasteiger partial charge in [0.25, 0.3) is 0 Å². The van der Waals surface area contributed by atoms with Crippen LogP contribution in [-0.4, -0.2) is 16.3 Å². The molecular weight excluding hydrogens is 270 g/mol. The molecule has 4 heteroatoms. The molecule has 20 heavy (non-hydrogen) atoms. The molecule has 1 heterocycles. The number of aryl methyl sites for hydroxylation is 2. The van der Waals surface area contributed by atoms with Crippen LogP contribution >= 0.6 is 11.6 Å². The minimum atomic E-state index is 0.766. The van der Waals surface area contributed by atoms with Crippen molar-refractivity contribution in [1.29, 1.82) is 0 Å². The molecule has 0 fully saturated rings. The number of rotatable bonds is 6. The van der Waals surface area contributed by atoms with Crippen molar-refractivity contribution < 1.29 is 0 Å². The van der Waals surface area contributed by atoms with Crippen molar-refractivity contribution in [3.05, 3.63) is 46.2 Å². The van der Waals surface area contributed by atoms with Crippen molar-refractivity contribution in [2.75, 3.05) is 6.54 Å². The van der Waals surface area contributed by atoms with Gasteiger partial charge in [-0.25, -0.2) is 4.68 Å². The van der Waals surface area contributed by atoms with E-state index >= 15 is 0 Å². The summed E-state index contributed by atoms with van der Waals surface area (Å²) in [6.45, 7) is 8.13. The Morgan fingerprint density at radius 2 is 1.95 bits per heavy atom. The number of nitrogens with one attached hydrogen (secondary N) is 1. The maximum absolute atomic E-state index is 6.13. The van der Waals surface area contributed by atoms with Gasteiger partial charge in [0.2, 0.25) is 0 Å². The zero-order valence-electron chi connectivity index (χ0n) is 12.4. The summed E-state index contributed by atoms with van der Waals surface area (Å²) in [5, 5.41) is 8.84. The van der Waals surface area contributed by atoms with Gasteiger partial charge in [-0.15, -0.1) is 0 Å². The number of nitrogens with zero attached hydrogens (tertiary/aromatic N) is 2. The minimum absolute atomic E-state index is 0.766. The highest BCUT2D eigenvalue weighted by Crippen LogP contribution is 2.22. The van der Waals surface area contributed by atoms with Gasteiger partial charge in [0.1, 0.15) is 0 Å². The van der Waals surface area contributed by atoms with Gasteiger partial charge in [0, 0.05) is 17.3 Å². The Hall–Kier alpha value is -1.32. The number of hydrogen-bond donors (Lipinski definition) is 1. The Balaban J connectivity index is 2.47. The van der Waals surface area contributed by atoms with E-state index in [2.05, 4.69) is 42.9 Å². The third kappa shape index (κ3) is 3.22. The predicted molar refractivity (Wildman–Crippen MR) is 84.7 cm³/mol. The number of halogens is 1. The van der Waals surface area contributed by atoms with Crippen molar-refractivity contribution in [1.82, 2.24) is 15.1 Å². The molecule has 0 saturated carbocycles. The number of hydrogen-bond acceptors (Lipinski definition) is 2. The topological polar surface area (TPSA) is 29.9 Å². The van der Waals surface area contributed by atoms with Crippen LogP contribution in [0.2, 0.25) is 5.02 Å². The summed E-state index contributed by atoms with van der Waals surface area (Å²) in [6.07, 6.45) is 1.92. The maximum atomic E-state index is 6.13. The number of benzene rings is 1. The first-order valence-corrected chi connectivity index (χ1v) is 7.64. The zero-order chi connectivity index (χ0) is 14.5. The Bertz CT molecular complexity index is 575. The van der Waals surface area contributed by atoms with Gasteiger partial charge >= 0.3 is 0 Å². The second kappa shape index (κ2) is 6.91. The summed E-state index contributed by atoms with van der Waals surface area (Å²) in [6, 6.07) is 8.19. The van der Waals surface area contributed by atoms with Gasteiger partial charge in [0.05, 0.1) is 11.4 Å². The van der Waals surface area contributed by atoms with Gasteiger partial charge in [-0.3, -0.25) is 0 Å². The van der Waals surface area contributed by atoms with Gasteiger partial charge in [-0.2, -0.15) is 5.10 Å². The molecule has 1 aromatic carbocycles. The van der Waals surface area contributed by atoms with Crippen molar-refractivity contribution in [2.45, 2.75) is 40.2 Å². The third-order valence-corrected chi connectivity index (χ3v) is 3.63. The summed E-state index contributed by atoms with van der Waals surface area (Å²) < 4.78 is 2.06. The molecule has 108 valence electrons. The third-order valence-electron chi connectivity index (χ3n) is 3.39. The molecule has 1 aromatic heterocycles. The highest BCUT2D eigenvalue weighted by atomic mass is 35.5. The zero-order valence-corrected chi connectivity index (χ0v) is 13.2. The first-order chi connectivity index (χ1) is 9.69. The van der Waals surface area contributed by atoms with Crippen LogP contribution in [0.4, 0.5) is 0 Å². The lowest BCUT2D eigenvalue weighted by atomic mass is 10.1. The van der Waals surface area contributed by atoms with Crippen LogP contribution in [0.15, 0.2) is 24.3 Å². The first-order valence-electron chi connectivity index (χ1n) is 7.26. The van der Waals surface area contributed by atoms with E-state index in [1.54, 1.807) is 0 Å². The summed E-state index contributed by atoms with van der Waals surface area (Å²) in [4.78, 5) is 0. The molecule has 0 aliphatic heterocycles. The van der Waals surface area contributed by atoms with E-state index in [9.17, 15) is 0 Å². The normalized spacial score (nSPS) is 11.0. The molecule has 2 aromatic rings. The van der Waals surface area contributed by atoms with Crippen molar-refractivity contribution in [3.8, 4) is 5.69 Å². The molecule has 0 unspecified atom stereocenters. The molecule has 0 saturated heterocycles. The summed E-state index contributed by atoms with van der Waals surface area (Å²) >= 11 is 6.13. The van der Waals surface area contributed by atoms with E-state index in [4.69, 9.17) is 16.7 Å². The monoisotopic (exact) mass is 291 g/mol. The molecule has 2 rings (SSSR count). The Labute approximate surface area is 126 Å². The molecule has 0 amide bonds. The van der Waals surface area contributed by atoms with E-state index in [0.29, 0.717) is 0 Å². The quantitative estimate of drug-likeness (QED) is 0.878. The fraction of sp³-hybridized carbons (Fsp3) is 0.438. The van der Waals surface area contributed by atoms with Gasteiger partial charge in [-0.1, -0.05) is 32.4 Å². The second-order valence-corrected chi connectivity index (χ2v) is 5.24. The van der Waals surface area contributed by atoms with Gasteiger partial charge in [0.15, 0.2) is 0 Å². The van der Waals surface area contributed by atoms with E-state index in [1.165, 1.54) is 11.3 Å². The molecule has 3 nitrogen and oxygen atoms in total. The van der Waals surface area contributed by atoms with E-state index < -0.39 is 0 Å². The molecule has 0 radical (unpaired) electrons. The highest BCUT2D eigenvalue weighted by molar-refractivity contribution is 6.30. The van der Waals surface area contributed by atoms with E-state index in [0.717, 1.165) is 42.3 Å².